The molecule has 5 nitrogen and oxygen atoms in total. The quantitative estimate of drug-likeness (QED) is 0.850. The highest BCUT2D eigenvalue weighted by atomic mass is 16.5. The van der Waals surface area contributed by atoms with Crippen LogP contribution in [0.5, 0.6) is 0 Å². The van der Waals surface area contributed by atoms with Crippen LogP contribution in [-0.2, 0) is 4.74 Å². The lowest BCUT2D eigenvalue weighted by molar-refractivity contribution is 0.0694. The molecule has 0 aliphatic carbocycles. The third-order valence-electron chi connectivity index (χ3n) is 3.09. The van der Waals surface area contributed by atoms with Gasteiger partial charge in [-0.2, -0.15) is 0 Å². The summed E-state index contributed by atoms with van der Waals surface area (Å²) in [5, 5.41) is 6.19. The maximum atomic E-state index is 12.1. The van der Waals surface area contributed by atoms with E-state index in [1.807, 2.05) is 12.1 Å². The molecule has 19 heavy (non-hydrogen) atoms. The highest BCUT2D eigenvalue weighted by molar-refractivity contribution is 5.92. The summed E-state index contributed by atoms with van der Waals surface area (Å²) in [5.41, 5.74) is 0.465. The Labute approximate surface area is 113 Å². The van der Waals surface area contributed by atoms with E-state index in [2.05, 4.69) is 22.5 Å². The molecule has 104 valence electrons. The number of nitrogens with one attached hydrogen (secondary N) is 2. The lowest BCUT2D eigenvalue weighted by Gasteiger charge is -2.22. The van der Waals surface area contributed by atoms with Gasteiger partial charge in [-0.05, 0) is 31.4 Å². The van der Waals surface area contributed by atoms with Crippen molar-refractivity contribution in [1.29, 1.82) is 0 Å². The van der Waals surface area contributed by atoms with Crippen molar-refractivity contribution in [3.05, 3.63) is 23.9 Å². The highest BCUT2D eigenvalue weighted by Crippen LogP contribution is 2.09. The second kappa shape index (κ2) is 7.09. The van der Waals surface area contributed by atoms with Gasteiger partial charge < -0.3 is 15.4 Å². The average molecular weight is 263 g/mol. The average Bonchev–Trinajstić information content (AvgIpc) is 2.46. The fourth-order valence-electron chi connectivity index (χ4n) is 2.01. The van der Waals surface area contributed by atoms with Gasteiger partial charge in [-0.25, -0.2) is 4.98 Å². The van der Waals surface area contributed by atoms with E-state index in [0.717, 1.165) is 44.8 Å². The fraction of sp³-hybridized carbons (Fsp3) is 0.571. The number of aromatic nitrogens is 1. The van der Waals surface area contributed by atoms with Gasteiger partial charge in [0.2, 0.25) is 0 Å². The van der Waals surface area contributed by atoms with Gasteiger partial charge in [0.25, 0.3) is 5.91 Å². The monoisotopic (exact) mass is 263 g/mol. The topological polar surface area (TPSA) is 63.2 Å². The predicted molar refractivity (Wildman–Crippen MR) is 74.3 cm³/mol. The minimum absolute atomic E-state index is 0.105. The molecule has 0 radical (unpaired) electrons. The van der Waals surface area contributed by atoms with Gasteiger partial charge >= 0.3 is 0 Å². The van der Waals surface area contributed by atoms with Crippen LogP contribution in [0, 0.1) is 0 Å². The molecule has 0 atom stereocenters. The molecule has 0 aromatic carbocycles. The Balaban J connectivity index is 1.93. The molecule has 2 heterocycles. The maximum Gasteiger partial charge on any atom is 0.270 e. The van der Waals surface area contributed by atoms with Gasteiger partial charge in [-0.15, -0.1) is 0 Å². The molecule has 0 unspecified atom stereocenters. The number of pyridine rings is 1. The molecule has 1 aromatic heterocycles. The summed E-state index contributed by atoms with van der Waals surface area (Å²) in [4.78, 5) is 16.4. The molecule has 0 bridgehead atoms. The zero-order chi connectivity index (χ0) is 13.5. The number of amides is 1. The van der Waals surface area contributed by atoms with Crippen LogP contribution >= 0.6 is 0 Å². The summed E-state index contributed by atoms with van der Waals surface area (Å²) in [6.45, 7) is 4.39. The third kappa shape index (κ3) is 4.21. The zero-order valence-corrected chi connectivity index (χ0v) is 11.3. The first kappa shape index (κ1) is 13.8. The lowest BCUT2D eigenvalue weighted by Crippen LogP contribution is -2.39. The number of nitrogens with zero attached hydrogens (tertiary/aromatic N) is 1. The number of anilines is 1. The Kier molecular flexibility index (Phi) is 5.15. The molecule has 1 saturated heterocycles. The second-order valence-electron chi connectivity index (χ2n) is 4.69. The van der Waals surface area contributed by atoms with Crippen LogP contribution in [0.3, 0.4) is 0 Å². The number of hydrogen-bond acceptors (Lipinski definition) is 4. The van der Waals surface area contributed by atoms with Crippen molar-refractivity contribution >= 4 is 11.7 Å². The minimum Gasteiger partial charge on any atom is -0.381 e. The number of rotatable bonds is 5. The molecular weight excluding hydrogens is 242 g/mol. The zero-order valence-electron chi connectivity index (χ0n) is 11.3. The lowest BCUT2D eigenvalue weighted by atomic mass is 10.1. The van der Waals surface area contributed by atoms with Crippen molar-refractivity contribution < 1.29 is 9.53 Å². The number of carbonyl (C=O) groups excluding carboxylic acids is 1. The van der Waals surface area contributed by atoms with Crippen LogP contribution in [0.25, 0.3) is 0 Å². The number of ether oxygens (including phenoxy) is 1. The van der Waals surface area contributed by atoms with Crippen molar-refractivity contribution in [2.75, 3.05) is 25.1 Å². The van der Waals surface area contributed by atoms with Crippen molar-refractivity contribution in [2.24, 2.45) is 0 Å². The SMILES string of the molecule is CCCNc1cccc(C(=O)NC2CCOCC2)n1. The maximum absolute atomic E-state index is 12.1. The van der Waals surface area contributed by atoms with E-state index in [-0.39, 0.29) is 11.9 Å². The van der Waals surface area contributed by atoms with E-state index < -0.39 is 0 Å². The first-order valence-corrected chi connectivity index (χ1v) is 6.89. The first-order chi connectivity index (χ1) is 9.29. The molecule has 1 aliphatic rings. The smallest absolute Gasteiger partial charge is 0.270 e. The van der Waals surface area contributed by atoms with Gasteiger partial charge in [0.15, 0.2) is 0 Å². The van der Waals surface area contributed by atoms with E-state index in [0.29, 0.717) is 5.69 Å². The Hall–Kier alpha value is -1.62. The third-order valence-corrected chi connectivity index (χ3v) is 3.09. The molecule has 2 N–H and O–H groups in total. The van der Waals surface area contributed by atoms with Crippen LogP contribution < -0.4 is 10.6 Å². The Morgan fingerprint density at radius 2 is 2.21 bits per heavy atom. The van der Waals surface area contributed by atoms with Crippen molar-refractivity contribution in [2.45, 2.75) is 32.2 Å². The van der Waals surface area contributed by atoms with Gasteiger partial charge in [0, 0.05) is 25.8 Å². The molecule has 1 aliphatic heterocycles. The molecule has 1 amide bonds. The molecule has 0 spiro atoms. The van der Waals surface area contributed by atoms with Gasteiger partial charge in [0.1, 0.15) is 11.5 Å². The summed E-state index contributed by atoms with van der Waals surface area (Å²) in [7, 11) is 0. The molecule has 2 rings (SSSR count). The van der Waals surface area contributed by atoms with E-state index in [1.54, 1.807) is 6.07 Å². The Morgan fingerprint density at radius 3 is 2.95 bits per heavy atom. The van der Waals surface area contributed by atoms with Crippen LogP contribution in [0.2, 0.25) is 0 Å². The van der Waals surface area contributed by atoms with Crippen LogP contribution in [0.1, 0.15) is 36.7 Å². The molecule has 5 heteroatoms. The standard InChI is InChI=1S/C14H21N3O2/c1-2-8-15-13-5-3-4-12(17-13)14(18)16-11-6-9-19-10-7-11/h3-5,11H,2,6-10H2,1H3,(H,15,17)(H,16,18). The number of hydrogen-bond donors (Lipinski definition) is 2. The van der Waals surface area contributed by atoms with Crippen molar-refractivity contribution in [1.82, 2.24) is 10.3 Å². The molecule has 1 aromatic rings. The predicted octanol–water partition coefficient (Wildman–Crippen LogP) is 1.81. The van der Waals surface area contributed by atoms with Crippen molar-refractivity contribution in [3.8, 4) is 0 Å². The van der Waals surface area contributed by atoms with Gasteiger partial charge in [-0.1, -0.05) is 13.0 Å². The normalized spacial score (nSPS) is 16.1. The van der Waals surface area contributed by atoms with Crippen molar-refractivity contribution in [3.63, 3.8) is 0 Å². The molecule has 0 saturated carbocycles. The first-order valence-electron chi connectivity index (χ1n) is 6.89. The van der Waals surface area contributed by atoms with E-state index in [9.17, 15) is 4.79 Å². The van der Waals surface area contributed by atoms with E-state index >= 15 is 0 Å². The van der Waals surface area contributed by atoms with Crippen LogP contribution in [-0.4, -0.2) is 36.7 Å². The van der Waals surface area contributed by atoms with Gasteiger partial charge in [0.05, 0.1) is 0 Å². The van der Waals surface area contributed by atoms with Crippen LogP contribution in [0.4, 0.5) is 5.82 Å². The summed E-state index contributed by atoms with van der Waals surface area (Å²) in [6, 6.07) is 5.67. The summed E-state index contributed by atoms with van der Waals surface area (Å²) >= 11 is 0. The molecular formula is C14H21N3O2. The number of carbonyl (C=O) groups is 1. The second-order valence-corrected chi connectivity index (χ2v) is 4.69. The minimum atomic E-state index is -0.105. The van der Waals surface area contributed by atoms with E-state index in [1.165, 1.54) is 0 Å². The Bertz CT molecular complexity index is 417. The van der Waals surface area contributed by atoms with E-state index in [4.69, 9.17) is 4.74 Å². The molecule has 1 fully saturated rings. The van der Waals surface area contributed by atoms with Crippen LogP contribution in [0.15, 0.2) is 18.2 Å². The summed E-state index contributed by atoms with van der Waals surface area (Å²) in [6.07, 6.45) is 2.78. The van der Waals surface area contributed by atoms with Gasteiger partial charge in [-0.3, -0.25) is 4.79 Å². The summed E-state index contributed by atoms with van der Waals surface area (Å²) in [5.74, 6) is 0.647. The fourth-order valence-corrected chi connectivity index (χ4v) is 2.01. The summed E-state index contributed by atoms with van der Waals surface area (Å²) < 4.78 is 5.27. The Morgan fingerprint density at radius 1 is 1.42 bits per heavy atom. The highest BCUT2D eigenvalue weighted by Gasteiger charge is 2.17. The largest absolute Gasteiger partial charge is 0.381 e.